The average molecular weight is 287 g/mol. The van der Waals surface area contributed by atoms with E-state index < -0.39 is 11.5 Å². The molecule has 0 spiro atoms. The van der Waals surface area contributed by atoms with Crippen molar-refractivity contribution in [3.05, 3.63) is 0 Å². The summed E-state index contributed by atoms with van der Waals surface area (Å²) >= 11 is 0. The number of hydrogen-bond donors (Lipinski definition) is 1. The number of ether oxygens (including phenoxy) is 2. The van der Waals surface area contributed by atoms with Crippen molar-refractivity contribution >= 4 is 17.8 Å². The molecule has 0 aliphatic heterocycles. The number of esters is 1. The normalized spacial score (nSPS) is 12.4. The number of rotatable bonds is 7. The Hall–Kier alpha value is -1.59. The lowest BCUT2D eigenvalue weighted by Crippen LogP contribution is -2.33. The van der Waals surface area contributed by atoms with E-state index in [1.807, 2.05) is 0 Å². The minimum absolute atomic E-state index is 0.0762. The summed E-state index contributed by atoms with van der Waals surface area (Å²) in [6.07, 6.45) is -0.169. The van der Waals surface area contributed by atoms with Gasteiger partial charge < -0.3 is 14.8 Å². The van der Waals surface area contributed by atoms with Gasteiger partial charge in [0.2, 0.25) is 0 Å². The van der Waals surface area contributed by atoms with Gasteiger partial charge in [0.25, 0.3) is 0 Å². The lowest BCUT2D eigenvalue weighted by molar-refractivity contribution is -0.153. The number of alkyl carbamates (subject to hydrolysis) is 1. The Balaban J connectivity index is 3.92. The van der Waals surface area contributed by atoms with Gasteiger partial charge in [0.15, 0.2) is 5.78 Å². The fourth-order valence-corrected chi connectivity index (χ4v) is 1.22. The predicted octanol–water partition coefficient (Wildman–Crippen LogP) is 1.92. The van der Waals surface area contributed by atoms with Crippen LogP contribution in [0.2, 0.25) is 0 Å². The Kier molecular flexibility index (Phi) is 7.87. The monoisotopic (exact) mass is 287 g/mol. The number of Topliss-reactive ketones (excluding diaryl/α,β-unsaturated/α-hetero) is 1. The first-order valence-corrected chi connectivity index (χ1v) is 6.79. The van der Waals surface area contributed by atoms with Crippen LogP contribution in [0.15, 0.2) is 0 Å². The quantitative estimate of drug-likeness (QED) is 0.723. The van der Waals surface area contributed by atoms with Crippen molar-refractivity contribution in [2.24, 2.45) is 11.3 Å². The molecule has 1 N–H and O–H groups in total. The van der Waals surface area contributed by atoms with Crippen molar-refractivity contribution in [3.8, 4) is 0 Å². The molecule has 0 saturated heterocycles. The Morgan fingerprint density at radius 3 is 2.25 bits per heavy atom. The summed E-state index contributed by atoms with van der Waals surface area (Å²) in [4.78, 5) is 34.3. The zero-order valence-corrected chi connectivity index (χ0v) is 12.9. The number of carbonyl (C=O) groups excluding carboxylic acids is 3. The van der Waals surface area contributed by atoms with Crippen LogP contribution in [0.3, 0.4) is 0 Å². The van der Waals surface area contributed by atoms with Crippen molar-refractivity contribution in [2.75, 3.05) is 19.8 Å². The van der Waals surface area contributed by atoms with Gasteiger partial charge in [0.05, 0.1) is 25.2 Å². The maximum atomic E-state index is 11.7. The van der Waals surface area contributed by atoms with Gasteiger partial charge in [-0.2, -0.15) is 0 Å². The molecule has 0 aromatic heterocycles. The van der Waals surface area contributed by atoms with E-state index in [4.69, 9.17) is 4.74 Å². The molecule has 0 saturated carbocycles. The van der Waals surface area contributed by atoms with Gasteiger partial charge in [-0.15, -0.1) is 0 Å². The third-order valence-electron chi connectivity index (χ3n) is 2.63. The smallest absolute Gasteiger partial charge is 0.407 e. The number of nitrogens with one attached hydrogen (secondary N) is 1. The maximum Gasteiger partial charge on any atom is 0.407 e. The van der Waals surface area contributed by atoms with Crippen LogP contribution >= 0.6 is 0 Å². The summed E-state index contributed by atoms with van der Waals surface area (Å²) in [7, 11) is 0. The van der Waals surface area contributed by atoms with Gasteiger partial charge in [0, 0.05) is 5.92 Å². The highest BCUT2D eigenvalue weighted by Crippen LogP contribution is 2.15. The summed E-state index contributed by atoms with van der Waals surface area (Å²) in [5.74, 6) is -0.698. The molecule has 20 heavy (non-hydrogen) atoms. The van der Waals surface area contributed by atoms with E-state index in [0.29, 0.717) is 6.42 Å². The van der Waals surface area contributed by atoms with Crippen LogP contribution in [0, 0.1) is 11.3 Å². The van der Waals surface area contributed by atoms with Crippen LogP contribution in [0.1, 0.15) is 41.0 Å². The van der Waals surface area contributed by atoms with Crippen molar-refractivity contribution in [1.29, 1.82) is 0 Å². The van der Waals surface area contributed by atoms with Crippen molar-refractivity contribution in [1.82, 2.24) is 5.32 Å². The van der Waals surface area contributed by atoms with E-state index in [-0.39, 0.29) is 37.4 Å². The molecule has 0 radical (unpaired) electrons. The third-order valence-corrected chi connectivity index (χ3v) is 2.63. The first kappa shape index (κ1) is 18.4. The Morgan fingerprint density at radius 2 is 1.75 bits per heavy atom. The third kappa shape index (κ3) is 7.76. The highest BCUT2D eigenvalue weighted by molar-refractivity contribution is 5.85. The van der Waals surface area contributed by atoms with Crippen LogP contribution in [-0.4, -0.2) is 37.6 Å². The minimum atomic E-state index is -0.604. The van der Waals surface area contributed by atoms with Gasteiger partial charge in [-0.3, -0.25) is 9.59 Å². The van der Waals surface area contributed by atoms with Gasteiger partial charge in [-0.25, -0.2) is 4.79 Å². The number of amides is 1. The van der Waals surface area contributed by atoms with Crippen LogP contribution in [0.4, 0.5) is 4.79 Å². The summed E-state index contributed by atoms with van der Waals surface area (Å²) in [5, 5.41) is 2.37. The molecule has 0 bridgehead atoms. The number of carbonyl (C=O) groups is 3. The molecule has 1 unspecified atom stereocenters. The molecular formula is C14H25NO5. The SMILES string of the molecule is CCOC(=O)NCC(=O)C(C)CCOC(=O)C(C)(C)C. The van der Waals surface area contributed by atoms with Crippen LogP contribution < -0.4 is 5.32 Å². The van der Waals surface area contributed by atoms with Crippen molar-refractivity contribution in [2.45, 2.75) is 41.0 Å². The predicted molar refractivity (Wildman–Crippen MR) is 74.2 cm³/mol. The molecule has 0 aliphatic rings. The zero-order chi connectivity index (χ0) is 15.8. The fourth-order valence-electron chi connectivity index (χ4n) is 1.22. The van der Waals surface area contributed by atoms with Gasteiger partial charge in [-0.05, 0) is 34.1 Å². The molecule has 6 nitrogen and oxygen atoms in total. The molecule has 0 aromatic rings. The van der Waals surface area contributed by atoms with E-state index >= 15 is 0 Å². The molecule has 0 fully saturated rings. The molecule has 0 aliphatic carbocycles. The topological polar surface area (TPSA) is 81.7 Å². The van der Waals surface area contributed by atoms with Gasteiger partial charge in [0.1, 0.15) is 0 Å². The Labute approximate surface area is 120 Å². The zero-order valence-electron chi connectivity index (χ0n) is 12.9. The molecule has 0 heterocycles. The van der Waals surface area contributed by atoms with Gasteiger partial charge in [-0.1, -0.05) is 6.92 Å². The van der Waals surface area contributed by atoms with E-state index in [0.717, 1.165) is 0 Å². The number of hydrogen-bond acceptors (Lipinski definition) is 5. The fraction of sp³-hybridized carbons (Fsp3) is 0.786. The minimum Gasteiger partial charge on any atom is -0.465 e. The second kappa shape index (κ2) is 8.55. The molecule has 0 rings (SSSR count). The highest BCUT2D eigenvalue weighted by atomic mass is 16.5. The molecule has 6 heteroatoms. The summed E-state index contributed by atoms with van der Waals surface area (Å²) in [5.41, 5.74) is -0.543. The van der Waals surface area contributed by atoms with Crippen LogP contribution in [0.5, 0.6) is 0 Å². The summed E-state index contributed by atoms with van der Waals surface area (Å²) in [6.45, 7) is 9.12. The second-order valence-corrected chi connectivity index (χ2v) is 5.62. The highest BCUT2D eigenvalue weighted by Gasteiger charge is 2.23. The van der Waals surface area contributed by atoms with E-state index in [9.17, 15) is 14.4 Å². The summed E-state index contributed by atoms with van der Waals surface area (Å²) in [6, 6.07) is 0. The van der Waals surface area contributed by atoms with Crippen LogP contribution in [-0.2, 0) is 19.1 Å². The first-order valence-electron chi connectivity index (χ1n) is 6.79. The second-order valence-electron chi connectivity index (χ2n) is 5.62. The lowest BCUT2D eigenvalue weighted by atomic mass is 9.97. The molecule has 0 aromatic carbocycles. The molecule has 1 atom stereocenters. The lowest BCUT2D eigenvalue weighted by Gasteiger charge is -2.17. The van der Waals surface area contributed by atoms with Crippen molar-refractivity contribution in [3.63, 3.8) is 0 Å². The van der Waals surface area contributed by atoms with E-state index in [2.05, 4.69) is 10.1 Å². The average Bonchev–Trinajstić information content (AvgIpc) is 2.34. The maximum absolute atomic E-state index is 11.7. The largest absolute Gasteiger partial charge is 0.465 e. The van der Waals surface area contributed by atoms with Crippen LogP contribution in [0.25, 0.3) is 0 Å². The van der Waals surface area contributed by atoms with Crippen molar-refractivity contribution < 1.29 is 23.9 Å². The Morgan fingerprint density at radius 1 is 1.15 bits per heavy atom. The molecule has 116 valence electrons. The standard InChI is InChI=1S/C14H25NO5/c1-6-19-13(18)15-9-11(16)10(2)7-8-20-12(17)14(3,4)5/h10H,6-9H2,1-5H3,(H,15,18). The van der Waals surface area contributed by atoms with E-state index in [1.165, 1.54) is 0 Å². The first-order chi connectivity index (χ1) is 9.18. The van der Waals surface area contributed by atoms with Gasteiger partial charge >= 0.3 is 12.1 Å². The van der Waals surface area contributed by atoms with E-state index in [1.54, 1.807) is 34.6 Å². The summed E-state index contributed by atoms with van der Waals surface area (Å²) < 4.78 is 9.74. The molecule has 1 amide bonds. The number of ketones is 1. The Bertz CT molecular complexity index is 346. The molecular weight excluding hydrogens is 262 g/mol.